The van der Waals surface area contributed by atoms with Gasteiger partial charge in [0.15, 0.2) is 0 Å². The topological polar surface area (TPSA) is 78.4 Å². The van der Waals surface area contributed by atoms with E-state index in [1.165, 1.54) is 0 Å². The average molecular weight is 351 g/mol. The Kier molecular flexibility index (Phi) is 5.16. The second kappa shape index (κ2) is 6.90. The molecule has 3 aliphatic rings. The van der Waals surface area contributed by atoms with Gasteiger partial charge in [-0.25, -0.2) is 0 Å². The van der Waals surface area contributed by atoms with E-state index >= 15 is 0 Å². The molecule has 0 spiro atoms. The van der Waals surface area contributed by atoms with E-state index in [1.54, 1.807) is 6.92 Å². The fourth-order valence-corrected chi connectivity index (χ4v) is 5.51. The number of nitrogens with one attached hydrogen (secondary N) is 2. The third-order valence-corrected chi connectivity index (χ3v) is 7.26. The van der Waals surface area contributed by atoms with Crippen LogP contribution in [-0.2, 0) is 9.59 Å². The number of aliphatic hydroxyl groups excluding tert-OH is 1. The molecule has 0 heterocycles. The van der Waals surface area contributed by atoms with Gasteiger partial charge in [-0.3, -0.25) is 9.59 Å². The van der Waals surface area contributed by atoms with Crippen molar-refractivity contribution in [2.24, 2.45) is 29.1 Å². The number of rotatable bonds is 4. The fourth-order valence-electron chi connectivity index (χ4n) is 5.51. The van der Waals surface area contributed by atoms with Crippen LogP contribution in [0.5, 0.6) is 0 Å². The van der Waals surface area contributed by atoms with E-state index in [9.17, 15) is 14.7 Å². The molecule has 0 aromatic heterocycles. The van der Waals surface area contributed by atoms with Crippen LogP contribution in [0.4, 0.5) is 0 Å². The van der Waals surface area contributed by atoms with Crippen molar-refractivity contribution >= 4 is 11.8 Å². The second-order valence-electron chi connectivity index (χ2n) is 9.15. The van der Waals surface area contributed by atoms with Crippen molar-refractivity contribution in [1.29, 1.82) is 0 Å². The molecular formula is C20H34N2O3. The van der Waals surface area contributed by atoms with Gasteiger partial charge in [-0.1, -0.05) is 20.8 Å². The lowest BCUT2D eigenvalue weighted by molar-refractivity contribution is -0.143. The van der Waals surface area contributed by atoms with Gasteiger partial charge in [-0.2, -0.15) is 0 Å². The van der Waals surface area contributed by atoms with E-state index in [-0.39, 0.29) is 46.9 Å². The molecule has 142 valence electrons. The molecule has 3 fully saturated rings. The van der Waals surface area contributed by atoms with Crippen molar-refractivity contribution in [3.63, 3.8) is 0 Å². The molecule has 3 N–H and O–H groups in total. The van der Waals surface area contributed by atoms with Gasteiger partial charge in [-0.15, -0.1) is 0 Å². The molecule has 7 atom stereocenters. The lowest BCUT2D eigenvalue weighted by Crippen LogP contribution is -2.58. The second-order valence-corrected chi connectivity index (χ2v) is 9.15. The van der Waals surface area contributed by atoms with E-state index in [2.05, 4.69) is 24.5 Å². The predicted octanol–water partition coefficient (Wildman–Crippen LogP) is 2.23. The number of hydrogen-bond acceptors (Lipinski definition) is 3. The Labute approximate surface area is 151 Å². The Hall–Kier alpha value is -1.10. The maximum atomic E-state index is 12.5. The number of fused-ring (bicyclic) bond motifs is 1. The Balaban J connectivity index is 1.73. The molecule has 3 aliphatic carbocycles. The van der Waals surface area contributed by atoms with Crippen LogP contribution in [0.15, 0.2) is 0 Å². The molecule has 0 aromatic rings. The lowest BCUT2D eigenvalue weighted by Gasteiger charge is -2.56. The third kappa shape index (κ3) is 3.71. The van der Waals surface area contributed by atoms with Crippen molar-refractivity contribution in [2.45, 2.75) is 84.4 Å². The average Bonchev–Trinajstić information content (AvgIpc) is 3.33. The standard InChI is InChI=1S/C20H34N2O3/c1-11(19(25)22-14-5-6-14)15-7-9-20(4)10-8-16(21-13(3)23)12(2)17(20)18(15)24/h11-12,14-18,24H,5-10H2,1-4H3,(H,21,23)(H,22,25)/t11-,12+,15-,16-,17+,18-,20-/m0/s1. The number of aliphatic hydroxyl groups is 1. The van der Waals surface area contributed by atoms with Crippen LogP contribution in [0.2, 0.25) is 0 Å². The molecule has 0 bridgehead atoms. The molecule has 25 heavy (non-hydrogen) atoms. The molecule has 0 aromatic carbocycles. The summed E-state index contributed by atoms with van der Waals surface area (Å²) in [6.45, 7) is 7.97. The minimum Gasteiger partial charge on any atom is -0.392 e. The van der Waals surface area contributed by atoms with Crippen LogP contribution in [0.3, 0.4) is 0 Å². The first-order valence-electron chi connectivity index (χ1n) is 9.98. The van der Waals surface area contributed by atoms with Crippen LogP contribution in [0.25, 0.3) is 0 Å². The van der Waals surface area contributed by atoms with Gasteiger partial charge in [0.1, 0.15) is 0 Å². The summed E-state index contributed by atoms with van der Waals surface area (Å²) in [6.07, 6.45) is 5.65. The Bertz CT molecular complexity index is 533. The van der Waals surface area contributed by atoms with Gasteiger partial charge in [0.2, 0.25) is 11.8 Å². The van der Waals surface area contributed by atoms with Crippen LogP contribution >= 0.6 is 0 Å². The lowest BCUT2D eigenvalue weighted by atomic mass is 9.51. The summed E-state index contributed by atoms with van der Waals surface area (Å²) in [5, 5.41) is 17.4. The molecular weight excluding hydrogens is 316 g/mol. The van der Waals surface area contributed by atoms with Crippen molar-refractivity contribution in [3.05, 3.63) is 0 Å². The van der Waals surface area contributed by atoms with E-state index in [4.69, 9.17) is 0 Å². The highest BCUT2D eigenvalue weighted by Crippen LogP contribution is 2.55. The minimum absolute atomic E-state index is 0.000480. The van der Waals surface area contributed by atoms with Crippen LogP contribution < -0.4 is 10.6 Å². The van der Waals surface area contributed by atoms with Crippen molar-refractivity contribution in [1.82, 2.24) is 10.6 Å². The van der Waals surface area contributed by atoms with Gasteiger partial charge in [-0.05, 0) is 61.7 Å². The zero-order valence-electron chi connectivity index (χ0n) is 16.0. The summed E-state index contributed by atoms with van der Waals surface area (Å²) in [5.74, 6) is 0.299. The molecule has 3 saturated carbocycles. The van der Waals surface area contributed by atoms with Crippen molar-refractivity contribution in [3.8, 4) is 0 Å². The van der Waals surface area contributed by atoms with E-state index in [1.807, 2.05) is 6.92 Å². The summed E-state index contributed by atoms with van der Waals surface area (Å²) in [6, 6.07) is 0.485. The maximum absolute atomic E-state index is 12.5. The first-order valence-corrected chi connectivity index (χ1v) is 9.98. The van der Waals surface area contributed by atoms with Gasteiger partial charge in [0.05, 0.1) is 6.10 Å². The molecule has 0 unspecified atom stereocenters. The van der Waals surface area contributed by atoms with E-state index < -0.39 is 6.10 Å². The van der Waals surface area contributed by atoms with Crippen molar-refractivity contribution in [2.75, 3.05) is 0 Å². The van der Waals surface area contributed by atoms with Gasteiger partial charge in [0.25, 0.3) is 0 Å². The van der Waals surface area contributed by atoms with Crippen molar-refractivity contribution < 1.29 is 14.7 Å². The highest BCUT2D eigenvalue weighted by Gasteiger charge is 2.53. The van der Waals surface area contributed by atoms with E-state index in [0.29, 0.717) is 6.04 Å². The Morgan fingerprint density at radius 3 is 2.36 bits per heavy atom. The monoisotopic (exact) mass is 350 g/mol. The van der Waals surface area contributed by atoms with Crippen LogP contribution in [-0.4, -0.2) is 35.1 Å². The smallest absolute Gasteiger partial charge is 0.223 e. The largest absolute Gasteiger partial charge is 0.392 e. The number of hydrogen-bond donors (Lipinski definition) is 3. The van der Waals surface area contributed by atoms with Crippen LogP contribution in [0, 0.1) is 29.1 Å². The summed E-state index contributed by atoms with van der Waals surface area (Å²) >= 11 is 0. The van der Waals surface area contributed by atoms with Gasteiger partial charge >= 0.3 is 0 Å². The Morgan fingerprint density at radius 2 is 1.76 bits per heavy atom. The summed E-state index contributed by atoms with van der Waals surface area (Å²) in [4.78, 5) is 24.0. The molecule has 0 saturated heterocycles. The van der Waals surface area contributed by atoms with Gasteiger partial charge in [0, 0.05) is 24.9 Å². The highest BCUT2D eigenvalue weighted by atomic mass is 16.3. The summed E-state index contributed by atoms with van der Waals surface area (Å²) < 4.78 is 0. The predicted molar refractivity (Wildman–Crippen MR) is 96.7 cm³/mol. The minimum atomic E-state index is -0.481. The molecule has 0 radical (unpaired) electrons. The molecule has 5 nitrogen and oxygen atoms in total. The maximum Gasteiger partial charge on any atom is 0.223 e. The SMILES string of the molecule is CC(=O)N[C@H]1CC[C@]2(C)CC[C@@H]([C@H](C)C(=O)NC3CC3)[C@H](O)[C@H]2[C@@H]1C. The summed E-state index contributed by atoms with van der Waals surface area (Å²) in [5.41, 5.74) is 0.108. The molecule has 3 rings (SSSR count). The number of carbonyl (C=O) groups excluding carboxylic acids is 2. The highest BCUT2D eigenvalue weighted by molar-refractivity contribution is 5.79. The zero-order chi connectivity index (χ0) is 18.4. The number of amides is 2. The molecule has 2 amide bonds. The summed E-state index contributed by atoms with van der Waals surface area (Å²) in [7, 11) is 0. The first-order chi connectivity index (χ1) is 11.7. The van der Waals surface area contributed by atoms with E-state index in [0.717, 1.165) is 38.5 Å². The quantitative estimate of drug-likeness (QED) is 0.727. The molecule has 0 aliphatic heterocycles. The van der Waals surface area contributed by atoms with Gasteiger partial charge < -0.3 is 15.7 Å². The third-order valence-electron chi connectivity index (χ3n) is 7.26. The normalized spacial score (nSPS) is 42.2. The molecule has 5 heteroatoms. The van der Waals surface area contributed by atoms with Crippen LogP contribution in [0.1, 0.15) is 66.2 Å². The fraction of sp³-hybridized carbons (Fsp3) is 0.900. The zero-order valence-corrected chi connectivity index (χ0v) is 16.0. The Morgan fingerprint density at radius 1 is 1.12 bits per heavy atom. The number of carbonyl (C=O) groups is 2. The first kappa shape index (κ1) is 18.7.